The summed E-state index contributed by atoms with van der Waals surface area (Å²) in [6.07, 6.45) is 0. The largest absolute Gasteiger partial charge is 0.309 e. The van der Waals surface area contributed by atoms with Gasteiger partial charge in [-0.05, 0) is 88.0 Å². The summed E-state index contributed by atoms with van der Waals surface area (Å²) in [4.78, 5) is 10.1. The van der Waals surface area contributed by atoms with Gasteiger partial charge in [0, 0.05) is 54.5 Å². The molecule has 1 aliphatic rings. The Morgan fingerprint density at radius 2 is 0.911 bits per heavy atom. The van der Waals surface area contributed by atoms with Crippen LogP contribution < -0.4 is 0 Å². The van der Waals surface area contributed by atoms with E-state index in [4.69, 9.17) is 9.97 Å². The molecule has 56 heavy (non-hydrogen) atoms. The van der Waals surface area contributed by atoms with E-state index in [-0.39, 0.29) is 5.41 Å². The van der Waals surface area contributed by atoms with Gasteiger partial charge in [-0.3, -0.25) is 0 Å². The van der Waals surface area contributed by atoms with Crippen LogP contribution in [0.15, 0.2) is 176 Å². The zero-order valence-electron chi connectivity index (χ0n) is 31.1. The first-order valence-electron chi connectivity index (χ1n) is 19.4. The molecule has 0 saturated heterocycles. The number of hydrogen-bond acceptors (Lipinski definition) is 2. The second-order valence-electron chi connectivity index (χ2n) is 15.7. The van der Waals surface area contributed by atoms with Gasteiger partial charge >= 0.3 is 0 Å². The van der Waals surface area contributed by atoms with E-state index in [1.807, 2.05) is 0 Å². The topological polar surface area (TPSA) is 30.7 Å². The Kier molecular flexibility index (Phi) is 6.40. The van der Waals surface area contributed by atoms with Gasteiger partial charge in [-0.1, -0.05) is 135 Å². The number of aromatic nitrogens is 3. The lowest BCUT2D eigenvalue weighted by Crippen LogP contribution is -2.16. The molecule has 0 spiro atoms. The van der Waals surface area contributed by atoms with E-state index in [0.717, 1.165) is 27.8 Å². The van der Waals surface area contributed by atoms with Gasteiger partial charge in [0.2, 0.25) is 0 Å². The summed E-state index contributed by atoms with van der Waals surface area (Å²) in [7, 11) is 0. The molecule has 0 fully saturated rings. The number of rotatable bonds is 3. The summed E-state index contributed by atoms with van der Waals surface area (Å²) in [6, 6.07) is 64.0. The quantitative estimate of drug-likeness (QED) is 0.171. The molecular formula is C53H35N3. The first-order valence-corrected chi connectivity index (χ1v) is 19.4. The first-order chi connectivity index (χ1) is 27.5. The minimum atomic E-state index is -0.244. The maximum Gasteiger partial charge on any atom is 0.0715 e. The van der Waals surface area contributed by atoms with E-state index < -0.39 is 0 Å². The molecule has 11 aromatic rings. The third kappa shape index (κ3) is 4.28. The van der Waals surface area contributed by atoms with Gasteiger partial charge in [-0.25, -0.2) is 9.97 Å². The molecule has 12 rings (SSSR count). The zero-order chi connectivity index (χ0) is 37.1. The molecule has 3 heterocycles. The standard InChI is InChI=1S/C53H35N3/c1-53(2)43-28-24-32(49-37-16-6-10-20-44(37)54-45-21-11-7-17-38(45)49)30-41(43)35-26-27-36-42-31-33(25-29-48(42)56(52(36)51(35)53)34-14-4-3-5-15-34)50-39-18-8-12-22-46(39)55-47-23-13-9-19-40(47)50/h3-31H,1-2H3. The van der Waals surface area contributed by atoms with Gasteiger partial charge in [0.1, 0.15) is 0 Å². The Balaban J connectivity index is 1.15. The maximum atomic E-state index is 5.04. The second-order valence-corrected chi connectivity index (χ2v) is 15.7. The van der Waals surface area contributed by atoms with Gasteiger partial charge < -0.3 is 4.57 Å². The monoisotopic (exact) mass is 713 g/mol. The number of pyridine rings is 2. The average Bonchev–Trinajstić information content (AvgIpc) is 3.69. The van der Waals surface area contributed by atoms with Gasteiger partial charge in [0.05, 0.1) is 33.1 Å². The minimum Gasteiger partial charge on any atom is -0.309 e. The number of benzene rings is 8. The average molecular weight is 714 g/mol. The highest BCUT2D eigenvalue weighted by atomic mass is 15.0. The summed E-state index contributed by atoms with van der Waals surface area (Å²) in [5.41, 5.74) is 17.7. The van der Waals surface area contributed by atoms with Crippen LogP contribution in [0.2, 0.25) is 0 Å². The molecule has 3 nitrogen and oxygen atoms in total. The maximum absolute atomic E-state index is 5.04. The van der Waals surface area contributed by atoms with Gasteiger partial charge in [-0.2, -0.15) is 0 Å². The van der Waals surface area contributed by atoms with Crippen LogP contribution in [-0.4, -0.2) is 14.5 Å². The zero-order valence-corrected chi connectivity index (χ0v) is 31.1. The molecule has 262 valence electrons. The second kappa shape index (κ2) is 11.5. The number of para-hydroxylation sites is 5. The van der Waals surface area contributed by atoms with Crippen LogP contribution in [0.5, 0.6) is 0 Å². The molecule has 0 bridgehead atoms. The highest BCUT2D eigenvalue weighted by molar-refractivity contribution is 6.17. The van der Waals surface area contributed by atoms with Crippen LogP contribution in [0.25, 0.3) is 104 Å². The van der Waals surface area contributed by atoms with Crippen molar-refractivity contribution in [2.45, 2.75) is 19.3 Å². The van der Waals surface area contributed by atoms with Crippen molar-refractivity contribution < 1.29 is 0 Å². The third-order valence-electron chi connectivity index (χ3n) is 12.3. The van der Waals surface area contributed by atoms with Crippen molar-refractivity contribution in [2.75, 3.05) is 0 Å². The molecule has 0 amide bonds. The molecule has 8 aromatic carbocycles. The third-order valence-corrected chi connectivity index (χ3v) is 12.3. The predicted molar refractivity (Wildman–Crippen MR) is 235 cm³/mol. The first kappa shape index (κ1) is 31.3. The summed E-state index contributed by atoms with van der Waals surface area (Å²) in [6.45, 7) is 4.81. The van der Waals surface area contributed by atoms with E-state index >= 15 is 0 Å². The van der Waals surface area contributed by atoms with Crippen molar-refractivity contribution in [1.29, 1.82) is 0 Å². The van der Waals surface area contributed by atoms with Crippen molar-refractivity contribution in [2.24, 2.45) is 0 Å². The molecule has 0 saturated carbocycles. The van der Waals surface area contributed by atoms with Crippen molar-refractivity contribution in [3.8, 4) is 39.1 Å². The lowest BCUT2D eigenvalue weighted by Gasteiger charge is -2.24. The molecule has 0 radical (unpaired) electrons. The van der Waals surface area contributed by atoms with Crippen molar-refractivity contribution >= 4 is 65.4 Å². The Morgan fingerprint density at radius 3 is 1.48 bits per heavy atom. The summed E-state index contributed by atoms with van der Waals surface area (Å²) >= 11 is 0. The smallest absolute Gasteiger partial charge is 0.0715 e. The molecule has 0 N–H and O–H groups in total. The van der Waals surface area contributed by atoms with Crippen LogP contribution >= 0.6 is 0 Å². The fraction of sp³-hybridized carbons (Fsp3) is 0.0566. The van der Waals surface area contributed by atoms with E-state index in [1.165, 1.54) is 87.9 Å². The van der Waals surface area contributed by atoms with Gasteiger partial charge in [0.25, 0.3) is 0 Å². The van der Waals surface area contributed by atoms with Gasteiger partial charge in [-0.15, -0.1) is 0 Å². The van der Waals surface area contributed by atoms with E-state index in [1.54, 1.807) is 0 Å². The predicted octanol–water partition coefficient (Wildman–Crippen LogP) is 13.8. The molecule has 0 atom stereocenters. The van der Waals surface area contributed by atoms with Crippen LogP contribution in [0.3, 0.4) is 0 Å². The molecule has 0 aliphatic heterocycles. The lowest BCUT2D eigenvalue weighted by molar-refractivity contribution is 0.664. The fourth-order valence-corrected chi connectivity index (χ4v) is 9.87. The Morgan fingerprint density at radius 1 is 0.411 bits per heavy atom. The number of hydrogen-bond donors (Lipinski definition) is 0. The van der Waals surface area contributed by atoms with E-state index in [0.29, 0.717) is 0 Å². The summed E-state index contributed by atoms with van der Waals surface area (Å²) in [5.74, 6) is 0. The Hall–Kier alpha value is -7.10. The van der Waals surface area contributed by atoms with Crippen molar-refractivity contribution in [3.05, 3.63) is 187 Å². The van der Waals surface area contributed by atoms with Crippen LogP contribution in [0, 0.1) is 0 Å². The van der Waals surface area contributed by atoms with E-state index in [2.05, 4.69) is 194 Å². The van der Waals surface area contributed by atoms with Crippen molar-refractivity contribution in [1.82, 2.24) is 14.5 Å². The van der Waals surface area contributed by atoms with Crippen molar-refractivity contribution in [3.63, 3.8) is 0 Å². The molecular weight excluding hydrogens is 679 g/mol. The fourth-order valence-electron chi connectivity index (χ4n) is 9.87. The summed E-state index contributed by atoms with van der Waals surface area (Å²) < 4.78 is 2.51. The highest BCUT2D eigenvalue weighted by Crippen LogP contribution is 2.54. The lowest BCUT2D eigenvalue weighted by atomic mass is 9.81. The Labute approximate surface area is 324 Å². The van der Waals surface area contributed by atoms with Crippen LogP contribution in [0.1, 0.15) is 25.0 Å². The molecule has 3 aromatic heterocycles. The SMILES string of the molecule is CC1(C)c2ccc(-c3c4ccccc4nc4ccccc34)cc2-c2ccc3c4cc(-c5c6ccccc6nc6ccccc56)ccc4n(-c4ccccc4)c3c21. The minimum absolute atomic E-state index is 0.244. The van der Waals surface area contributed by atoms with Crippen LogP contribution in [-0.2, 0) is 5.41 Å². The molecule has 1 aliphatic carbocycles. The molecule has 0 unspecified atom stereocenters. The number of nitrogens with zero attached hydrogens (tertiary/aromatic N) is 3. The summed E-state index contributed by atoms with van der Waals surface area (Å²) in [5, 5.41) is 7.19. The normalized spacial score (nSPS) is 13.3. The number of fused-ring (bicyclic) bond motifs is 11. The van der Waals surface area contributed by atoms with E-state index in [9.17, 15) is 0 Å². The Bertz CT molecular complexity index is 3340. The molecule has 3 heteroatoms. The highest BCUT2D eigenvalue weighted by Gasteiger charge is 2.39. The van der Waals surface area contributed by atoms with Crippen LogP contribution in [0.4, 0.5) is 0 Å². The van der Waals surface area contributed by atoms with Gasteiger partial charge in [0.15, 0.2) is 0 Å².